The minimum Gasteiger partial charge on any atom is -0.293 e. The molecule has 0 spiro atoms. The first-order valence-electron chi connectivity index (χ1n) is 3.92. The van der Waals surface area contributed by atoms with Crippen molar-refractivity contribution >= 4 is 44.9 Å². The van der Waals surface area contributed by atoms with Crippen LogP contribution in [0.15, 0.2) is 12.1 Å². The Bertz CT molecular complexity index is 408. The van der Waals surface area contributed by atoms with Crippen LogP contribution in [0.4, 0.5) is 13.2 Å². The van der Waals surface area contributed by atoms with E-state index in [0.29, 0.717) is 0 Å². The van der Waals surface area contributed by atoms with Gasteiger partial charge in [-0.2, -0.15) is 13.2 Å². The third kappa shape index (κ3) is 2.90. The highest BCUT2D eigenvalue weighted by atomic mass is 79.9. The van der Waals surface area contributed by atoms with E-state index in [-0.39, 0.29) is 10.9 Å². The number of rotatable bonds is 2. The Balaban J connectivity index is 3.34. The molecule has 1 rings (SSSR count). The zero-order valence-corrected chi connectivity index (χ0v) is 10.6. The zero-order chi connectivity index (χ0) is 12.5. The third-order valence-electron chi connectivity index (χ3n) is 1.77. The van der Waals surface area contributed by atoms with Gasteiger partial charge in [0, 0.05) is 5.56 Å². The fourth-order valence-electron chi connectivity index (χ4n) is 1.08. The lowest BCUT2D eigenvalue weighted by atomic mass is 10.1. The molecule has 0 saturated heterocycles. The van der Waals surface area contributed by atoms with Crippen molar-refractivity contribution in [3.8, 4) is 0 Å². The third-order valence-corrected chi connectivity index (χ3v) is 2.87. The van der Waals surface area contributed by atoms with Crippen molar-refractivity contribution < 1.29 is 18.0 Å². The maximum atomic E-state index is 12.5. The molecule has 0 amide bonds. The van der Waals surface area contributed by atoms with Crippen LogP contribution in [0.2, 0.25) is 10.0 Å². The van der Waals surface area contributed by atoms with Crippen LogP contribution >= 0.6 is 39.1 Å². The molecule has 1 aromatic carbocycles. The molecule has 0 fully saturated rings. The average molecular weight is 336 g/mol. The largest absolute Gasteiger partial charge is 0.419 e. The van der Waals surface area contributed by atoms with E-state index in [9.17, 15) is 18.0 Å². The van der Waals surface area contributed by atoms with Crippen molar-refractivity contribution in [2.45, 2.75) is 6.18 Å². The van der Waals surface area contributed by atoms with Crippen LogP contribution in [-0.2, 0) is 6.18 Å². The molecular formula is C9H4BrCl2F3O. The number of ketones is 1. The van der Waals surface area contributed by atoms with Crippen molar-refractivity contribution in [1.82, 2.24) is 0 Å². The van der Waals surface area contributed by atoms with E-state index >= 15 is 0 Å². The van der Waals surface area contributed by atoms with Gasteiger partial charge in [-0.1, -0.05) is 39.1 Å². The molecule has 0 aliphatic heterocycles. The number of carbonyl (C=O) groups excluding carboxylic acids is 1. The first kappa shape index (κ1) is 13.8. The second kappa shape index (κ2) is 4.94. The van der Waals surface area contributed by atoms with Gasteiger partial charge in [0.1, 0.15) is 0 Å². The Kier molecular flexibility index (Phi) is 4.26. The second-order valence-electron chi connectivity index (χ2n) is 2.87. The molecule has 0 bridgehead atoms. The molecule has 16 heavy (non-hydrogen) atoms. The molecule has 0 heterocycles. The molecule has 0 saturated carbocycles. The summed E-state index contributed by atoms with van der Waals surface area (Å²) in [5, 5.41) is -1.17. The molecule has 7 heteroatoms. The number of carbonyl (C=O) groups is 1. The summed E-state index contributed by atoms with van der Waals surface area (Å²) in [7, 11) is 0. The second-order valence-corrected chi connectivity index (χ2v) is 4.24. The zero-order valence-electron chi connectivity index (χ0n) is 7.54. The minimum atomic E-state index is -4.63. The summed E-state index contributed by atoms with van der Waals surface area (Å²) < 4.78 is 37.4. The van der Waals surface area contributed by atoms with Crippen LogP contribution in [0.5, 0.6) is 0 Å². The predicted molar refractivity (Wildman–Crippen MR) is 59.6 cm³/mol. The van der Waals surface area contributed by atoms with E-state index in [1.165, 1.54) is 0 Å². The number of halogens is 6. The number of benzene rings is 1. The van der Waals surface area contributed by atoms with Crippen LogP contribution in [0.1, 0.15) is 15.9 Å². The Morgan fingerprint density at radius 1 is 1.25 bits per heavy atom. The number of alkyl halides is 4. The maximum Gasteiger partial charge on any atom is 0.419 e. The maximum absolute atomic E-state index is 12.5. The quantitative estimate of drug-likeness (QED) is 0.570. The van der Waals surface area contributed by atoms with Gasteiger partial charge in [-0.05, 0) is 12.1 Å². The van der Waals surface area contributed by atoms with Gasteiger partial charge >= 0.3 is 6.18 Å². The SMILES string of the molecule is O=C(CBr)c1cc(Cl)c(C(F)(F)F)c(Cl)c1. The first-order chi connectivity index (χ1) is 7.27. The lowest BCUT2D eigenvalue weighted by Gasteiger charge is -2.12. The van der Waals surface area contributed by atoms with E-state index in [2.05, 4.69) is 15.9 Å². The van der Waals surface area contributed by atoms with E-state index in [4.69, 9.17) is 23.2 Å². The molecule has 88 valence electrons. The van der Waals surface area contributed by atoms with Gasteiger partial charge in [-0.3, -0.25) is 4.79 Å². The molecule has 0 radical (unpaired) electrons. The van der Waals surface area contributed by atoms with Crippen LogP contribution in [-0.4, -0.2) is 11.1 Å². The Hall–Kier alpha value is -0.260. The fourth-order valence-corrected chi connectivity index (χ4v) is 2.11. The fraction of sp³-hybridized carbons (Fsp3) is 0.222. The topological polar surface area (TPSA) is 17.1 Å². The van der Waals surface area contributed by atoms with Crippen molar-refractivity contribution in [3.05, 3.63) is 33.3 Å². The normalized spacial score (nSPS) is 11.6. The molecule has 0 atom stereocenters. The summed E-state index contributed by atoms with van der Waals surface area (Å²) in [6, 6.07) is 1.92. The Morgan fingerprint density at radius 2 is 1.69 bits per heavy atom. The summed E-state index contributed by atoms with van der Waals surface area (Å²) in [4.78, 5) is 11.2. The predicted octanol–water partition coefficient (Wildman–Crippen LogP) is 4.59. The summed E-state index contributed by atoms with van der Waals surface area (Å²) in [6.45, 7) is 0. The summed E-state index contributed by atoms with van der Waals surface area (Å²) in [5.74, 6) is -0.391. The van der Waals surface area contributed by atoms with E-state index in [1.54, 1.807) is 0 Å². The molecule has 0 N–H and O–H groups in total. The Morgan fingerprint density at radius 3 is 2.00 bits per heavy atom. The van der Waals surface area contributed by atoms with E-state index in [0.717, 1.165) is 12.1 Å². The smallest absolute Gasteiger partial charge is 0.293 e. The number of hydrogen-bond donors (Lipinski definition) is 0. The van der Waals surface area contributed by atoms with Gasteiger partial charge in [0.05, 0.1) is 20.9 Å². The highest BCUT2D eigenvalue weighted by Gasteiger charge is 2.36. The molecule has 1 aromatic rings. The summed E-state index contributed by atoms with van der Waals surface area (Å²) in [6.07, 6.45) is -4.63. The molecule has 1 nitrogen and oxygen atoms in total. The van der Waals surface area contributed by atoms with E-state index in [1.807, 2.05) is 0 Å². The van der Waals surface area contributed by atoms with E-state index < -0.39 is 27.6 Å². The van der Waals surface area contributed by atoms with Crippen LogP contribution in [0.25, 0.3) is 0 Å². The van der Waals surface area contributed by atoms with Crippen molar-refractivity contribution in [2.75, 3.05) is 5.33 Å². The minimum absolute atomic E-state index is 0.00891. The lowest BCUT2D eigenvalue weighted by molar-refractivity contribution is -0.137. The highest BCUT2D eigenvalue weighted by Crippen LogP contribution is 2.40. The molecule has 0 aliphatic carbocycles. The van der Waals surface area contributed by atoms with Gasteiger partial charge in [-0.25, -0.2) is 0 Å². The molecule has 0 aromatic heterocycles. The van der Waals surface area contributed by atoms with Gasteiger partial charge in [0.25, 0.3) is 0 Å². The summed E-state index contributed by atoms with van der Waals surface area (Å²) >= 11 is 13.8. The summed E-state index contributed by atoms with van der Waals surface area (Å²) in [5.41, 5.74) is -1.08. The molecule has 0 unspecified atom stereocenters. The van der Waals surface area contributed by atoms with Gasteiger partial charge in [0.2, 0.25) is 0 Å². The number of hydrogen-bond acceptors (Lipinski definition) is 1. The van der Waals surface area contributed by atoms with Crippen LogP contribution < -0.4 is 0 Å². The van der Waals surface area contributed by atoms with Crippen molar-refractivity contribution in [2.24, 2.45) is 0 Å². The standard InChI is InChI=1S/C9H4BrCl2F3O/c10-3-7(16)4-1-5(11)8(6(12)2-4)9(13,14)15/h1-2H,3H2. The Labute approximate surface area is 108 Å². The van der Waals surface area contributed by atoms with Crippen LogP contribution in [0, 0.1) is 0 Å². The average Bonchev–Trinajstić information content (AvgIpc) is 2.13. The molecular weight excluding hydrogens is 332 g/mol. The van der Waals surface area contributed by atoms with Gasteiger partial charge in [0.15, 0.2) is 5.78 Å². The lowest BCUT2D eigenvalue weighted by Crippen LogP contribution is -2.09. The molecule has 0 aliphatic rings. The monoisotopic (exact) mass is 334 g/mol. The van der Waals surface area contributed by atoms with Gasteiger partial charge < -0.3 is 0 Å². The van der Waals surface area contributed by atoms with Crippen molar-refractivity contribution in [1.29, 1.82) is 0 Å². The van der Waals surface area contributed by atoms with Crippen LogP contribution in [0.3, 0.4) is 0 Å². The first-order valence-corrected chi connectivity index (χ1v) is 5.80. The van der Waals surface area contributed by atoms with Crippen molar-refractivity contribution in [3.63, 3.8) is 0 Å². The number of Topliss-reactive ketones (excluding diaryl/α,β-unsaturated/α-hetero) is 1. The van der Waals surface area contributed by atoms with Gasteiger partial charge in [-0.15, -0.1) is 0 Å². The highest BCUT2D eigenvalue weighted by molar-refractivity contribution is 9.09.